The molecule has 0 spiro atoms. The Morgan fingerprint density at radius 1 is 1.16 bits per heavy atom. The number of rotatable bonds is 8. The summed E-state index contributed by atoms with van der Waals surface area (Å²) in [5.41, 5.74) is 5.56. The summed E-state index contributed by atoms with van der Waals surface area (Å²) in [6.07, 6.45) is 1.90. The molecule has 0 aliphatic rings. The van der Waals surface area contributed by atoms with Crippen molar-refractivity contribution in [2.45, 2.75) is 16.7 Å². The highest BCUT2D eigenvalue weighted by molar-refractivity contribution is 7.98. The fourth-order valence-corrected chi connectivity index (χ4v) is 4.11. The lowest BCUT2D eigenvalue weighted by atomic mass is 10.3. The van der Waals surface area contributed by atoms with E-state index in [1.807, 2.05) is 6.26 Å². The van der Waals surface area contributed by atoms with Crippen LogP contribution in [-0.2, 0) is 14.8 Å². The van der Waals surface area contributed by atoms with Gasteiger partial charge in [0.1, 0.15) is 12.3 Å². The topological polar surface area (TPSA) is 89.7 Å². The molecule has 0 aromatic heterocycles. The standard InChI is InChI=1S/C17H20N2O4S2/c1-3-23-16-7-5-4-6-15(16)19(12-17(18)20)25(21,22)14-10-8-13(24-2)9-11-14/h4-11H,3,12H2,1-2H3,(H2,18,20). The van der Waals surface area contributed by atoms with Gasteiger partial charge in [0.15, 0.2) is 0 Å². The second-order valence-electron chi connectivity index (χ2n) is 5.05. The van der Waals surface area contributed by atoms with Crippen molar-refractivity contribution in [3.05, 3.63) is 48.5 Å². The molecule has 2 rings (SSSR count). The third-order valence-electron chi connectivity index (χ3n) is 3.38. The summed E-state index contributed by atoms with van der Waals surface area (Å²) in [5, 5.41) is 0. The van der Waals surface area contributed by atoms with Crippen LogP contribution in [0, 0.1) is 0 Å². The molecule has 6 nitrogen and oxygen atoms in total. The van der Waals surface area contributed by atoms with E-state index in [9.17, 15) is 13.2 Å². The lowest BCUT2D eigenvalue weighted by Crippen LogP contribution is -2.38. The van der Waals surface area contributed by atoms with E-state index in [-0.39, 0.29) is 10.6 Å². The van der Waals surface area contributed by atoms with Gasteiger partial charge in [-0.15, -0.1) is 11.8 Å². The normalized spacial score (nSPS) is 11.1. The first-order valence-corrected chi connectivity index (χ1v) is 10.2. The Morgan fingerprint density at radius 2 is 1.80 bits per heavy atom. The van der Waals surface area contributed by atoms with Gasteiger partial charge in [0.2, 0.25) is 5.91 Å². The van der Waals surface area contributed by atoms with Gasteiger partial charge in [-0.2, -0.15) is 0 Å². The zero-order valence-corrected chi connectivity index (χ0v) is 15.6. The monoisotopic (exact) mass is 380 g/mol. The highest BCUT2D eigenvalue weighted by atomic mass is 32.2. The maximum Gasteiger partial charge on any atom is 0.264 e. The van der Waals surface area contributed by atoms with Crippen LogP contribution in [0.2, 0.25) is 0 Å². The quantitative estimate of drug-likeness (QED) is 0.711. The molecule has 0 saturated heterocycles. The molecule has 0 aliphatic carbocycles. The number of amides is 1. The van der Waals surface area contributed by atoms with Crippen LogP contribution in [0.25, 0.3) is 0 Å². The number of ether oxygens (including phenoxy) is 1. The first-order chi connectivity index (χ1) is 11.9. The molecule has 0 fully saturated rings. The van der Waals surface area contributed by atoms with Crippen molar-refractivity contribution in [3.8, 4) is 5.75 Å². The van der Waals surface area contributed by atoms with Gasteiger partial charge < -0.3 is 10.5 Å². The molecule has 0 unspecified atom stereocenters. The van der Waals surface area contributed by atoms with Gasteiger partial charge in [-0.1, -0.05) is 12.1 Å². The zero-order chi connectivity index (χ0) is 18.4. The average molecular weight is 380 g/mol. The number of anilines is 1. The van der Waals surface area contributed by atoms with E-state index in [2.05, 4.69) is 0 Å². The summed E-state index contributed by atoms with van der Waals surface area (Å²) in [5.74, 6) is -0.383. The molecule has 2 aromatic rings. The summed E-state index contributed by atoms with van der Waals surface area (Å²) < 4.78 is 32.6. The first-order valence-electron chi connectivity index (χ1n) is 7.57. The van der Waals surface area contributed by atoms with E-state index >= 15 is 0 Å². The van der Waals surface area contributed by atoms with Crippen LogP contribution in [0.5, 0.6) is 5.75 Å². The summed E-state index contributed by atoms with van der Waals surface area (Å²) in [7, 11) is -3.97. The SMILES string of the molecule is CCOc1ccccc1N(CC(N)=O)S(=O)(=O)c1ccc(SC)cc1. The number of hydrogen-bond donors (Lipinski definition) is 1. The Morgan fingerprint density at radius 3 is 2.36 bits per heavy atom. The number of primary amides is 1. The number of nitrogens with two attached hydrogens (primary N) is 1. The minimum Gasteiger partial charge on any atom is -0.492 e. The number of carbonyl (C=O) groups excluding carboxylic acids is 1. The largest absolute Gasteiger partial charge is 0.492 e. The second-order valence-corrected chi connectivity index (χ2v) is 7.80. The molecule has 2 aromatic carbocycles. The summed E-state index contributed by atoms with van der Waals surface area (Å²) in [4.78, 5) is 12.5. The lowest BCUT2D eigenvalue weighted by molar-refractivity contribution is -0.116. The van der Waals surface area contributed by atoms with Gasteiger partial charge in [-0.3, -0.25) is 9.10 Å². The van der Waals surface area contributed by atoms with E-state index in [0.29, 0.717) is 12.4 Å². The number of carbonyl (C=O) groups is 1. The van der Waals surface area contributed by atoms with Crippen LogP contribution >= 0.6 is 11.8 Å². The van der Waals surface area contributed by atoms with Crippen LogP contribution in [0.1, 0.15) is 6.92 Å². The van der Waals surface area contributed by atoms with Crippen LogP contribution < -0.4 is 14.8 Å². The van der Waals surface area contributed by atoms with E-state index in [1.54, 1.807) is 43.3 Å². The van der Waals surface area contributed by atoms with Crippen LogP contribution in [0.3, 0.4) is 0 Å². The Labute approximate surface area is 152 Å². The van der Waals surface area contributed by atoms with E-state index in [4.69, 9.17) is 10.5 Å². The van der Waals surface area contributed by atoms with Crippen LogP contribution in [-0.4, -0.2) is 33.7 Å². The van der Waals surface area contributed by atoms with Gasteiger partial charge in [0, 0.05) is 4.90 Å². The van der Waals surface area contributed by atoms with Gasteiger partial charge in [-0.25, -0.2) is 8.42 Å². The fourth-order valence-electron chi connectivity index (χ4n) is 2.26. The number of sulfonamides is 1. The van der Waals surface area contributed by atoms with Gasteiger partial charge in [0.05, 0.1) is 17.2 Å². The minimum absolute atomic E-state index is 0.0813. The predicted octanol–water partition coefficient (Wildman–Crippen LogP) is 2.49. The Bertz CT molecular complexity index is 836. The maximum atomic E-state index is 13.1. The van der Waals surface area contributed by atoms with Crippen molar-refractivity contribution in [2.24, 2.45) is 5.73 Å². The number of hydrogen-bond acceptors (Lipinski definition) is 5. The van der Waals surface area contributed by atoms with E-state index < -0.39 is 22.5 Å². The molecule has 25 heavy (non-hydrogen) atoms. The van der Waals surface area contributed by atoms with Gasteiger partial charge in [-0.05, 0) is 49.6 Å². The Hall–Kier alpha value is -2.19. The molecule has 2 N–H and O–H groups in total. The number of para-hydroxylation sites is 2. The summed E-state index contributed by atoms with van der Waals surface area (Å²) in [6, 6.07) is 13.1. The average Bonchev–Trinajstić information content (AvgIpc) is 2.60. The predicted molar refractivity (Wildman–Crippen MR) is 99.6 cm³/mol. The zero-order valence-electron chi connectivity index (χ0n) is 14.0. The van der Waals surface area contributed by atoms with Crippen molar-refractivity contribution >= 4 is 33.4 Å². The van der Waals surface area contributed by atoms with Crippen LogP contribution in [0.15, 0.2) is 58.3 Å². The van der Waals surface area contributed by atoms with Gasteiger partial charge in [0.25, 0.3) is 10.0 Å². The first kappa shape index (κ1) is 19.1. The smallest absolute Gasteiger partial charge is 0.264 e. The third kappa shape index (κ3) is 4.46. The van der Waals surface area contributed by atoms with E-state index in [0.717, 1.165) is 9.20 Å². The maximum absolute atomic E-state index is 13.1. The highest BCUT2D eigenvalue weighted by Gasteiger charge is 2.28. The molecule has 0 radical (unpaired) electrons. The molecule has 0 heterocycles. The number of nitrogens with zero attached hydrogens (tertiary/aromatic N) is 1. The molecule has 0 aliphatic heterocycles. The van der Waals surface area contributed by atoms with Crippen molar-refractivity contribution in [1.29, 1.82) is 0 Å². The van der Waals surface area contributed by atoms with Crippen molar-refractivity contribution in [1.82, 2.24) is 0 Å². The third-order valence-corrected chi connectivity index (χ3v) is 5.90. The number of benzene rings is 2. The Balaban J connectivity index is 2.54. The molecular weight excluding hydrogens is 360 g/mol. The minimum atomic E-state index is -3.97. The highest BCUT2D eigenvalue weighted by Crippen LogP contribution is 2.32. The number of thioether (sulfide) groups is 1. The van der Waals surface area contributed by atoms with Crippen molar-refractivity contribution in [2.75, 3.05) is 23.7 Å². The summed E-state index contributed by atoms with van der Waals surface area (Å²) in [6.45, 7) is 1.69. The van der Waals surface area contributed by atoms with Gasteiger partial charge >= 0.3 is 0 Å². The van der Waals surface area contributed by atoms with Crippen molar-refractivity contribution in [3.63, 3.8) is 0 Å². The van der Waals surface area contributed by atoms with Crippen LogP contribution in [0.4, 0.5) is 5.69 Å². The summed E-state index contributed by atoms with van der Waals surface area (Å²) >= 11 is 1.51. The molecule has 0 saturated carbocycles. The molecular formula is C17H20N2O4S2. The lowest BCUT2D eigenvalue weighted by Gasteiger charge is -2.25. The molecule has 0 atom stereocenters. The molecule has 134 valence electrons. The van der Waals surface area contributed by atoms with Crippen molar-refractivity contribution < 1.29 is 17.9 Å². The molecule has 0 bridgehead atoms. The van der Waals surface area contributed by atoms with E-state index in [1.165, 1.54) is 23.9 Å². The molecule has 8 heteroatoms. The second kappa shape index (κ2) is 8.26. The fraction of sp³-hybridized carbons (Fsp3) is 0.235. The Kier molecular flexibility index (Phi) is 6.33. The molecule has 1 amide bonds.